The van der Waals surface area contributed by atoms with Crippen LogP contribution in [0.3, 0.4) is 0 Å². The predicted octanol–water partition coefficient (Wildman–Crippen LogP) is 3.86. The van der Waals surface area contributed by atoms with E-state index in [1.165, 1.54) is 37.9 Å². The van der Waals surface area contributed by atoms with E-state index in [1.807, 2.05) is 0 Å². The molecule has 20 heavy (non-hydrogen) atoms. The standard InChI is InChI=1S/C18H32N2/c1-5-15-16-12-19-10-6-7-17(16)20-18(15)9-8-14(4)11-13(2)3/h5,9,13-14,16-17,19-20H,6-8,10-12H2,1-4H3/b15-5?,18-9+/t14?,16-,17+/m0/s1. The van der Waals surface area contributed by atoms with Crippen LogP contribution < -0.4 is 10.6 Å². The van der Waals surface area contributed by atoms with Crippen molar-refractivity contribution in [1.82, 2.24) is 10.6 Å². The Morgan fingerprint density at radius 2 is 2.10 bits per heavy atom. The zero-order valence-electron chi connectivity index (χ0n) is 13.7. The Bertz CT molecular complexity index is 368. The van der Waals surface area contributed by atoms with E-state index in [2.05, 4.69) is 50.5 Å². The molecule has 0 saturated carbocycles. The van der Waals surface area contributed by atoms with Crippen molar-refractivity contribution in [3.05, 3.63) is 23.4 Å². The van der Waals surface area contributed by atoms with Crippen LogP contribution in [0.5, 0.6) is 0 Å². The largest absolute Gasteiger partial charge is 0.382 e. The zero-order valence-corrected chi connectivity index (χ0v) is 13.7. The summed E-state index contributed by atoms with van der Waals surface area (Å²) >= 11 is 0. The summed E-state index contributed by atoms with van der Waals surface area (Å²) in [6, 6.07) is 0.655. The molecule has 0 aromatic rings. The van der Waals surface area contributed by atoms with Gasteiger partial charge in [0.15, 0.2) is 0 Å². The molecule has 2 aliphatic heterocycles. The Kier molecular flexibility index (Phi) is 5.71. The average Bonchev–Trinajstić information content (AvgIpc) is 2.55. The molecule has 114 valence electrons. The highest BCUT2D eigenvalue weighted by Crippen LogP contribution is 2.33. The molecule has 2 heterocycles. The molecule has 0 amide bonds. The molecular weight excluding hydrogens is 244 g/mol. The first-order valence-electron chi connectivity index (χ1n) is 8.45. The molecule has 0 bridgehead atoms. The summed E-state index contributed by atoms with van der Waals surface area (Å²) in [5.74, 6) is 2.26. The van der Waals surface area contributed by atoms with Gasteiger partial charge in [-0.15, -0.1) is 0 Å². The summed E-state index contributed by atoms with van der Waals surface area (Å²) in [5.41, 5.74) is 2.96. The van der Waals surface area contributed by atoms with Crippen molar-refractivity contribution >= 4 is 0 Å². The van der Waals surface area contributed by atoms with Crippen molar-refractivity contribution in [3.63, 3.8) is 0 Å². The van der Waals surface area contributed by atoms with Crippen LogP contribution in [0.4, 0.5) is 0 Å². The summed E-state index contributed by atoms with van der Waals surface area (Å²) in [7, 11) is 0. The number of rotatable bonds is 4. The van der Waals surface area contributed by atoms with Crippen LogP contribution in [0.25, 0.3) is 0 Å². The minimum Gasteiger partial charge on any atom is -0.382 e. The molecule has 3 atom stereocenters. The van der Waals surface area contributed by atoms with Gasteiger partial charge in [-0.1, -0.05) is 32.9 Å². The molecule has 2 aliphatic rings. The Morgan fingerprint density at radius 1 is 1.30 bits per heavy atom. The van der Waals surface area contributed by atoms with E-state index < -0.39 is 0 Å². The molecule has 2 N–H and O–H groups in total. The SMILES string of the molecule is CC=C1/C(=C\CC(C)CC(C)C)N[C@@H]2CCCNC[C@@H]12. The van der Waals surface area contributed by atoms with Gasteiger partial charge < -0.3 is 10.6 Å². The third kappa shape index (κ3) is 3.88. The predicted molar refractivity (Wildman–Crippen MR) is 87.6 cm³/mol. The molecule has 2 heteroatoms. The van der Waals surface area contributed by atoms with Crippen LogP contribution >= 0.6 is 0 Å². The van der Waals surface area contributed by atoms with Crippen LogP contribution in [0.15, 0.2) is 23.4 Å². The zero-order chi connectivity index (χ0) is 14.5. The normalized spacial score (nSPS) is 32.2. The fourth-order valence-corrected chi connectivity index (χ4v) is 3.80. The van der Waals surface area contributed by atoms with Gasteiger partial charge in [-0.05, 0) is 56.6 Å². The molecule has 0 spiro atoms. The quantitative estimate of drug-likeness (QED) is 0.815. The summed E-state index contributed by atoms with van der Waals surface area (Å²) in [6.45, 7) is 11.5. The molecular formula is C18H32N2. The molecule has 0 radical (unpaired) electrons. The van der Waals surface area contributed by atoms with Gasteiger partial charge >= 0.3 is 0 Å². The van der Waals surface area contributed by atoms with Crippen molar-refractivity contribution in [3.8, 4) is 0 Å². The van der Waals surface area contributed by atoms with Gasteiger partial charge in [0.2, 0.25) is 0 Å². The van der Waals surface area contributed by atoms with E-state index in [1.54, 1.807) is 5.57 Å². The topological polar surface area (TPSA) is 24.1 Å². The van der Waals surface area contributed by atoms with Crippen LogP contribution in [-0.2, 0) is 0 Å². The molecule has 1 unspecified atom stereocenters. The lowest BCUT2D eigenvalue weighted by Crippen LogP contribution is -2.29. The smallest absolute Gasteiger partial charge is 0.0343 e. The van der Waals surface area contributed by atoms with E-state index in [4.69, 9.17) is 0 Å². The lowest BCUT2D eigenvalue weighted by molar-refractivity contribution is 0.441. The van der Waals surface area contributed by atoms with Crippen molar-refractivity contribution in [2.24, 2.45) is 17.8 Å². The van der Waals surface area contributed by atoms with Crippen LogP contribution in [0.1, 0.15) is 53.4 Å². The number of hydrogen-bond acceptors (Lipinski definition) is 2. The molecule has 0 aliphatic carbocycles. The molecule has 2 nitrogen and oxygen atoms in total. The second-order valence-electron chi connectivity index (χ2n) is 7.04. The van der Waals surface area contributed by atoms with Crippen LogP contribution in [0.2, 0.25) is 0 Å². The maximum absolute atomic E-state index is 3.80. The second kappa shape index (κ2) is 7.31. The molecule has 2 saturated heterocycles. The summed E-state index contributed by atoms with van der Waals surface area (Å²) in [5, 5.41) is 7.38. The van der Waals surface area contributed by atoms with Gasteiger partial charge in [-0.2, -0.15) is 0 Å². The Balaban J connectivity index is 2.01. The third-order valence-corrected chi connectivity index (χ3v) is 4.68. The number of allylic oxidation sites excluding steroid dienone is 3. The maximum Gasteiger partial charge on any atom is 0.0343 e. The van der Waals surface area contributed by atoms with Crippen LogP contribution in [0, 0.1) is 17.8 Å². The third-order valence-electron chi connectivity index (χ3n) is 4.68. The average molecular weight is 276 g/mol. The summed E-state index contributed by atoms with van der Waals surface area (Å²) in [4.78, 5) is 0. The van der Waals surface area contributed by atoms with E-state index in [9.17, 15) is 0 Å². The molecule has 0 aromatic heterocycles. The lowest BCUT2D eigenvalue weighted by Gasteiger charge is -2.15. The minimum atomic E-state index is 0.655. The molecule has 2 fully saturated rings. The molecule has 2 rings (SSSR count). The first-order chi connectivity index (χ1) is 9.61. The van der Waals surface area contributed by atoms with Gasteiger partial charge in [-0.25, -0.2) is 0 Å². The monoisotopic (exact) mass is 276 g/mol. The van der Waals surface area contributed by atoms with Crippen LogP contribution in [-0.4, -0.2) is 19.1 Å². The highest BCUT2D eigenvalue weighted by atomic mass is 15.0. The first-order valence-corrected chi connectivity index (χ1v) is 8.45. The fraction of sp³-hybridized carbons (Fsp3) is 0.778. The lowest BCUT2D eigenvalue weighted by atomic mass is 9.91. The van der Waals surface area contributed by atoms with Crippen molar-refractivity contribution < 1.29 is 0 Å². The Hall–Kier alpha value is -0.760. The van der Waals surface area contributed by atoms with Gasteiger partial charge in [0.1, 0.15) is 0 Å². The number of fused-ring (bicyclic) bond motifs is 1. The van der Waals surface area contributed by atoms with Crippen molar-refractivity contribution in [2.75, 3.05) is 13.1 Å². The summed E-state index contributed by atoms with van der Waals surface area (Å²) < 4.78 is 0. The Morgan fingerprint density at radius 3 is 2.80 bits per heavy atom. The van der Waals surface area contributed by atoms with Gasteiger partial charge in [0.25, 0.3) is 0 Å². The van der Waals surface area contributed by atoms with E-state index in [0.29, 0.717) is 12.0 Å². The van der Waals surface area contributed by atoms with Gasteiger partial charge in [-0.3, -0.25) is 0 Å². The fourth-order valence-electron chi connectivity index (χ4n) is 3.80. The van der Waals surface area contributed by atoms with Gasteiger partial charge in [0, 0.05) is 24.2 Å². The van der Waals surface area contributed by atoms with E-state index in [0.717, 1.165) is 18.4 Å². The first kappa shape index (κ1) is 15.6. The highest BCUT2D eigenvalue weighted by Gasteiger charge is 2.34. The van der Waals surface area contributed by atoms with E-state index in [-0.39, 0.29) is 0 Å². The number of nitrogens with one attached hydrogen (secondary N) is 2. The van der Waals surface area contributed by atoms with E-state index >= 15 is 0 Å². The summed E-state index contributed by atoms with van der Waals surface area (Å²) in [6.07, 6.45) is 9.89. The minimum absolute atomic E-state index is 0.655. The highest BCUT2D eigenvalue weighted by molar-refractivity contribution is 5.38. The molecule has 0 aromatic carbocycles. The Labute approximate surface area is 125 Å². The number of hydrogen-bond donors (Lipinski definition) is 2. The second-order valence-corrected chi connectivity index (χ2v) is 7.04. The van der Waals surface area contributed by atoms with Gasteiger partial charge in [0.05, 0.1) is 0 Å². The van der Waals surface area contributed by atoms with Crippen molar-refractivity contribution in [1.29, 1.82) is 0 Å². The maximum atomic E-state index is 3.80. The van der Waals surface area contributed by atoms with Crippen molar-refractivity contribution in [2.45, 2.75) is 59.4 Å².